The van der Waals surface area contributed by atoms with Crippen LogP contribution in [0.3, 0.4) is 0 Å². The second-order valence-electron chi connectivity index (χ2n) is 5.42. The number of nitrogens with zero attached hydrogens (tertiary/aromatic N) is 2. The highest BCUT2D eigenvalue weighted by atomic mass is 16.7. The van der Waals surface area contributed by atoms with Crippen LogP contribution < -0.4 is 20.1 Å². The smallest absolute Gasteiger partial charge is 0.231 e. The Labute approximate surface area is 139 Å². The zero-order chi connectivity index (χ0) is 16.4. The average Bonchev–Trinajstić information content (AvgIpc) is 3.05. The van der Waals surface area contributed by atoms with E-state index in [4.69, 9.17) is 9.47 Å². The van der Waals surface area contributed by atoms with Gasteiger partial charge in [-0.05, 0) is 30.7 Å². The van der Waals surface area contributed by atoms with Crippen LogP contribution in [0.4, 0.5) is 23.0 Å². The molecule has 6 nitrogen and oxygen atoms in total. The Kier molecular flexibility index (Phi) is 3.63. The molecule has 4 rings (SSSR count). The van der Waals surface area contributed by atoms with Gasteiger partial charge in [-0.25, -0.2) is 9.97 Å². The lowest BCUT2D eigenvalue weighted by atomic mass is 10.2. The molecule has 120 valence electrons. The molecule has 0 aliphatic carbocycles. The van der Waals surface area contributed by atoms with Crippen LogP contribution in [0.1, 0.15) is 5.56 Å². The lowest BCUT2D eigenvalue weighted by Gasteiger charge is -2.10. The first-order valence-electron chi connectivity index (χ1n) is 7.59. The molecule has 2 N–H and O–H groups in total. The minimum atomic E-state index is 0.261. The van der Waals surface area contributed by atoms with E-state index in [9.17, 15) is 0 Å². The molecule has 0 amide bonds. The lowest BCUT2D eigenvalue weighted by Crippen LogP contribution is -1.99. The van der Waals surface area contributed by atoms with Crippen molar-refractivity contribution in [3.8, 4) is 11.5 Å². The number of nitrogens with one attached hydrogen (secondary N) is 2. The van der Waals surface area contributed by atoms with Crippen molar-refractivity contribution in [2.24, 2.45) is 0 Å². The van der Waals surface area contributed by atoms with E-state index in [0.29, 0.717) is 5.82 Å². The molecule has 0 bridgehead atoms. The molecule has 0 spiro atoms. The summed E-state index contributed by atoms with van der Waals surface area (Å²) >= 11 is 0. The molecule has 0 atom stereocenters. The summed E-state index contributed by atoms with van der Waals surface area (Å²) in [6.07, 6.45) is 1.52. The van der Waals surface area contributed by atoms with Crippen molar-refractivity contribution < 1.29 is 9.47 Å². The first-order valence-corrected chi connectivity index (χ1v) is 7.59. The molecule has 0 saturated heterocycles. The highest BCUT2D eigenvalue weighted by Crippen LogP contribution is 2.35. The third kappa shape index (κ3) is 2.94. The van der Waals surface area contributed by atoms with Gasteiger partial charge in [0.15, 0.2) is 11.5 Å². The number of anilines is 4. The van der Waals surface area contributed by atoms with Crippen molar-refractivity contribution in [3.63, 3.8) is 0 Å². The van der Waals surface area contributed by atoms with Gasteiger partial charge in [0.05, 0.1) is 0 Å². The fraction of sp³-hybridized carbons (Fsp3) is 0.111. The summed E-state index contributed by atoms with van der Waals surface area (Å²) in [4.78, 5) is 8.53. The zero-order valence-corrected chi connectivity index (χ0v) is 13.1. The van der Waals surface area contributed by atoms with Crippen molar-refractivity contribution in [3.05, 3.63) is 60.4 Å². The minimum Gasteiger partial charge on any atom is -0.454 e. The fourth-order valence-corrected chi connectivity index (χ4v) is 2.47. The maximum Gasteiger partial charge on any atom is 0.231 e. The van der Waals surface area contributed by atoms with Gasteiger partial charge in [0.1, 0.15) is 18.0 Å². The van der Waals surface area contributed by atoms with Crippen LogP contribution in [0, 0.1) is 6.92 Å². The van der Waals surface area contributed by atoms with E-state index in [2.05, 4.69) is 33.6 Å². The van der Waals surface area contributed by atoms with E-state index >= 15 is 0 Å². The standard InChI is InChI=1S/C18H16N4O2/c1-12-4-2-3-5-14(12)22-18-9-17(19-10-20-18)21-13-6-7-15-16(8-13)24-11-23-15/h2-10H,11H2,1H3,(H2,19,20,21,22). The Hall–Kier alpha value is -3.28. The third-order valence-electron chi connectivity index (χ3n) is 3.72. The maximum atomic E-state index is 5.39. The molecule has 1 aliphatic rings. The third-order valence-corrected chi connectivity index (χ3v) is 3.72. The first-order chi connectivity index (χ1) is 11.8. The van der Waals surface area contributed by atoms with Crippen LogP contribution in [0.2, 0.25) is 0 Å². The van der Waals surface area contributed by atoms with Crippen LogP contribution in [-0.4, -0.2) is 16.8 Å². The van der Waals surface area contributed by atoms with Crippen molar-refractivity contribution in [1.29, 1.82) is 0 Å². The Morgan fingerprint density at radius 2 is 1.67 bits per heavy atom. The zero-order valence-electron chi connectivity index (χ0n) is 13.1. The molecule has 2 heterocycles. The number of rotatable bonds is 4. The quantitative estimate of drug-likeness (QED) is 0.757. The number of hydrogen-bond donors (Lipinski definition) is 2. The highest BCUT2D eigenvalue weighted by molar-refractivity contribution is 5.66. The summed E-state index contributed by atoms with van der Waals surface area (Å²) < 4.78 is 10.7. The van der Waals surface area contributed by atoms with Crippen molar-refractivity contribution in [2.45, 2.75) is 6.92 Å². The summed E-state index contributed by atoms with van der Waals surface area (Å²) in [6.45, 7) is 2.31. The van der Waals surface area contributed by atoms with Crippen LogP contribution >= 0.6 is 0 Å². The predicted octanol–water partition coefficient (Wildman–Crippen LogP) is 4.00. The number of benzene rings is 2. The predicted molar refractivity (Wildman–Crippen MR) is 92.3 cm³/mol. The van der Waals surface area contributed by atoms with Crippen molar-refractivity contribution in [2.75, 3.05) is 17.4 Å². The van der Waals surface area contributed by atoms with Crippen LogP contribution in [0.25, 0.3) is 0 Å². The summed E-state index contributed by atoms with van der Waals surface area (Å²) in [5.41, 5.74) is 3.05. The van der Waals surface area contributed by atoms with Gasteiger partial charge in [-0.2, -0.15) is 0 Å². The summed E-state index contributed by atoms with van der Waals surface area (Å²) in [7, 11) is 0. The number of aryl methyl sites for hydroxylation is 1. The Bertz CT molecular complexity index is 882. The molecular weight excluding hydrogens is 304 g/mol. The molecule has 0 fully saturated rings. The van der Waals surface area contributed by atoms with Crippen molar-refractivity contribution >= 4 is 23.0 Å². The van der Waals surface area contributed by atoms with Crippen LogP contribution in [-0.2, 0) is 0 Å². The summed E-state index contributed by atoms with van der Waals surface area (Å²) in [5.74, 6) is 2.90. The van der Waals surface area contributed by atoms with E-state index in [0.717, 1.165) is 34.3 Å². The topological polar surface area (TPSA) is 68.3 Å². The first kappa shape index (κ1) is 14.3. The van der Waals surface area contributed by atoms with Gasteiger partial charge < -0.3 is 20.1 Å². The van der Waals surface area contributed by atoms with Gasteiger partial charge in [0, 0.05) is 23.5 Å². The Morgan fingerprint density at radius 1 is 0.875 bits per heavy atom. The number of fused-ring (bicyclic) bond motifs is 1. The van der Waals surface area contributed by atoms with Gasteiger partial charge in [-0.1, -0.05) is 18.2 Å². The molecule has 24 heavy (non-hydrogen) atoms. The fourth-order valence-electron chi connectivity index (χ4n) is 2.47. The van der Waals surface area contributed by atoms with E-state index in [-0.39, 0.29) is 6.79 Å². The molecular formula is C18H16N4O2. The van der Waals surface area contributed by atoms with Gasteiger partial charge in [0.2, 0.25) is 6.79 Å². The Balaban J connectivity index is 1.53. The second kappa shape index (κ2) is 6.08. The van der Waals surface area contributed by atoms with E-state index in [1.54, 1.807) is 0 Å². The molecule has 3 aromatic rings. The number of hydrogen-bond acceptors (Lipinski definition) is 6. The van der Waals surface area contributed by atoms with E-state index in [1.807, 2.05) is 42.5 Å². The largest absolute Gasteiger partial charge is 0.454 e. The van der Waals surface area contributed by atoms with Gasteiger partial charge in [-0.3, -0.25) is 0 Å². The summed E-state index contributed by atoms with van der Waals surface area (Å²) in [6, 6.07) is 15.6. The minimum absolute atomic E-state index is 0.261. The van der Waals surface area contributed by atoms with Gasteiger partial charge in [-0.15, -0.1) is 0 Å². The average molecular weight is 320 g/mol. The number of aromatic nitrogens is 2. The molecule has 0 unspecified atom stereocenters. The molecule has 1 aliphatic heterocycles. The van der Waals surface area contributed by atoms with Gasteiger partial charge >= 0.3 is 0 Å². The van der Waals surface area contributed by atoms with Crippen molar-refractivity contribution in [1.82, 2.24) is 9.97 Å². The van der Waals surface area contributed by atoms with Crippen LogP contribution in [0.15, 0.2) is 54.9 Å². The molecule has 0 saturated carbocycles. The normalized spacial score (nSPS) is 12.0. The van der Waals surface area contributed by atoms with E-state index < -0.39 is 0 Å². The number of ether oxygens (including phenoxy) is 2. The monoisotopic (exact) mass is 320 g/mol. The molecule has 0 radical (unpaired) electrons. The second-order valence-corrected chi connectivity index (χ2v) is 5.42. The molecule has 2 aromatic carbocycles. The molecule has 6 heteroatoms. The molecule has 1 aromatic heterocycles. The summed E-state index contributed by atoms with van der Waals surface area (Å²) in [5, 5.41) is 6.55. The van der Waals surface area contributed by atoms with E-state index in [1.165, 1.54) is 6.33 Å². The number of para-hydroxylation sites is 1. The SMILES string of the molecule is Cc1ccccc1Nc1cc(Nc2ccc3c(c2)OCO3)ncn1. The highest BCUT2D eigenvalue weighted by Gasteiger charge is 2.13. The Morgan fingerprint density at radius 3 is 2.54 bits per heavy atom. The maximum absolute atomic E-state index is 5.39. The lowest BCUT2D eigenvalue weighted by molar-refractivity contribution is 0.174. The van der Waals surface area contributed by atoms with Gasteiger partial charge in [0.25, 0.3) is 0 Å². The van der Waals surface area contributed by atoms with Crippen LogP contribution in [0.5, 0.6) is 11.5 Å².